The highest BCUT2D eigenvalue weighted by molar-refractivity contribution is 5.86. The van der Waals surface area contributed by atoms with Crippen LogP contribution >= 0.6 is 0 Å². The fourth-order valence-corrected chi connectivity index (χ4v) is 0.262. The number of carbonyl (C=O) groups excluding carboxylic acids is 2. The molecule has 70 valence electrons. The Labute approximate surface area is 70.8 Å². The van der Waals surface area contributed by atoms with E-state index in [0.29, 0.717) is 5.57 Å². The van der Waals surface area contributed by atoms with Crippen LogP contribution in [-0.4, -0.2) is 30.7 Å². The second-order valence-electron chi connectivity index (χ2n) is 1.78. The van der Waals surface area contributed by atoms with Gasteiger partial charge in [-0.3, -0.25) is 4.79 Å². The summed E-state index contributed by atoms with van der Waals surface area (Å²) in [5.74, 6) is -0.455. The molecule has 0 saturated carbocycles. The lowest BCUT2D eigenvalue weighted by Crippen LogP contribution is -2.08. The summed E-state index contributed by atoms with van der Waals surface area (Å²) >= 11 is 0. The zero-order valence-corrected chi connectivity index (χ0v) is 6.95. The maximum atomic E-state index is 10.5. The van der Waals surface area contributed by atoms with E-state index in [1.165, 1.54) is 0 Å². The third-order valence-electron chi connectivity index (χ3n) is 0.673. The molecular formula is C7H13NO4. The number of rotatable bonds is 3. The third kappa shape index (κ3) is 11.4. The summed E-state index contributed by atoms with van der Waals surface area (Å²) in [5, 5.41) is 8.19. The predicted molar refractivity (Wildman–Crippen MR) is 43.1 cm³/mol. The average Bonchev–Trinajstić information content (AvgIpc) is 2.01. The van der Waals surface area contributed by atoms with Gasteiger partial charge >= 0.3 is 5.97 Å². The number of carbonyl (C=O) groups is 2. The monoisotopic (exact) mass is 175 g/mol. The van der Waals surface area contributed by atoms with E-state index >= 15 is 0 Å². The number of esters is 1. The highest BCUT2D eigenvalue weighted by Crippen LogP contribution is 1.89. The molecule has 0 spiro atoms. The van der Waals surface area contributed by atoms with Crippen molar-refractivity contribution in [2.75, 3.05) is 13.2 Å². The van der Waals surface area contributed by atoms with Gasteiger partial charge in [-0.1, -0.05) is 6.58 Å². The Kier molecular flexibility index (Phi) is 10.6. The third-order valence-corrected chi connectivity index (χ3v) is 0.673. The molecule has 3 N–H and O–H groups in total. The Morgan fingerprint density at radius 1 is 1.75 bits per heavy atom. The lowest BCUT2D eigenvalue weighted by molar-refractivity contribution is -0.139. The summed E-state index contributed by atoms with van der Waals surface area (Å²) in [5.41, 5.74) is 4.52. The van der Waals surface area contributed by atoms with Gasteiger partial charge < -0.3 is 15.6 Å². The van der Waals surface area contributed by atoms with Crippen LogP contribution < -0.4 is 5.73 Å². The van der Waals surface area contributed by atoms with Gasteiger partial charge in [-0.25, -0.2) is 4.79 Å². The Hall–Kier alpha value is -1.36. The molecule has 1 amide bonds. The van der Waals surface area contributed by atoms with Crippen LogP contribution in [0.4, 0.5) is 0 Å². The zero-order chi connectivity index (χ0) is 9.98. The average molecular weight is 175 g/mol. The molecule has 0 bridgehead atoms. The van der Waals surface area contributed by atoms with Gasteiger partial charge in [0, 0.05) is 5.57 Å². The number of aliphatic hydroxyl groups excluding tert-OH is 1. The van der Waals surface area contributed by atoms with Crippen LogP contribution in [0, 0.1) is 0 Å². The number of ether oxygens (including phenoxy) is 1. The second kappa shape index (κ2) is 9.64. The van der Waals surface area contributed by atoms with Crippen LogP contribution in [0.25, 0.3) is 0 Å². The summed E-state index contributed by atoms with van der Waals surface area (Å²) < 4.78 is 4.46. The summed E-state index contributed by atoms with van der Waals surface area (Å²) in [6, 6.07) is 0. The van der Waals surface area contributed by atoms with Crippen LogP contribution in [-0.2, 0) is 14.3 Å². The molecule has 0 aliphatic rings. The molecular weight excluding hydrogens is 162 g/mol. The number of aliphatic hydroxyl groups is 1. The van der Waals surface area contributed by atoms with Crippen molar-refractivity contribution in [3.8, 4) is 0 Å². The molecule has 0 fully saturated rings. The van der Waals surface area contributed by atoms with E-state index in [2.05, 4.69) is 17.0 Å². The number of nitrogens with two attached hydrogens (primary N) is 1. The summed E-state index contributed by atoms with van der Waals surface area (Å²) in [6.07, 6.45) is 0.250. The molecule has 5 nitrogen and oxygen atoms in total. The Morgan fingerprint density at radius 2 is 2.17 bits per heavy atom. The summed E-state index contributed by atoms with van der Waals surface area (Å²) in [4.78, 5) is 19.1. The van der Waals surface area contributed by atoms with E-state index in [0.717, 1.165) is 0 Å². The first-order valence-electron chi connectivity index (χ1n) is 3.19. The lowest BCUT2D eigenvalue weighted by atomic mass is 10.4. The zero-order valence-electron chi connectivity index (χ0n) is 6.95. The quantitative estimate of drug-likeness (QED) is 0.334. The first kappa shape index (κ1) is 13.2. The molecule has 0 radical (unpaired) electrons. The van der Waals surface area contributed by atoms with E-state index in [4.69, 9.17) is 9.90 Å². The van der Waals surface area contributed by atoms with Gasteiger partial charge in [-0.2, -0.15) is 0 Å². The maximum Gasteiger partial charge on any atom is 0.333 e. The van der Waals surface area contributed by atoms with E-state index in [1.54, 1.807) is 6.92 Å². The van der Waals surface area contributed by atoms with Gasteiger partial charge in [-0.05, 0) is 6.92 Å². The topological polar surface area (TPSA) is 89.6 Å². The minimum atomic E-state index is -0.455. The number of amides is 1. The van der Waals surface area contributed by atoms with Crippen molar-refractivity contribution >= 4 is 12.4 Å². The van der Waals surface area contributed by atoms with Crippen molar-refractivity contribution in [2.45, 2.75) is 6.92 Å². The van der Waals surface area contributed by atoms with Gasteiger partial charge in [0.2, 0.25) is 6.41 Å². The van der Waals surface area contributed by atoms with Crippen LogP contribution in [0.2, 0.25) is 0 Å². The molecule has 0 aromatic heterocycles. The highest BCUT2D eigenvalue weighted by atomic mass is 16.5. The minimum absolute atomic E-state index is 0.0473. The molecule has 0 unspecified atom stereocenters. The van der Waals surface area contributed by atoms with Crippen LogP contribution in [0.1, 0.15) is 6.92 Å². The minimum Gasteiger partial charge on any atom is -0.460 e. The molecule has 0 heterocycles. The second-order valence-corrected chi connectivity index (χ2v) is 1.78. The predicted octanol–water partition coefficient (Wildman–Crippen LogP) is -0.801. The first-order chi connectivity index (χ1) is 5.59. The van der Waals surface area contributed by atoms with Crippen LogP contribution in [0.5, 0.6) is 0 Å². The van der Waals surface area contributed by atoms with Gasteiger partial charge in [0.15, 0.2) is 0 Å². The van der Waals surface area contributed by atoms with E-state index < -0.39 is 5.97 Å². The standard InChI is InChI=1S/C6H10O3.CH3NO/c1-5(2)6(8)9-4-3-7;2-1-3/h7H,1,3-4H2,2H3;1H,(H2,2,3). The maximum absolute atomic E-state index is 10.5. The normalized spacial score (nSPS) is 7.50. The molecule has 12 heavy (non-hydrogen) atoms. The summed E-state index contributed by atoms with van der Waals surface area (Å²) in [7, 11) is 0. The fourth-order valence-electron chi connectivity index (χ4n) is 0.262. The smallest absolute Gasteiger partial charge is 0.333 e. The Morgan fingerprint density at radius 3 is 2.42 bits per heavy atom. The van der Waals surface area contributed by atoms with Gasteiger partial charge in [-0.15, -0.1) is 0 Å². The van der Waals surface area contributed by atoms with Crippen molar-refractivity contribution < 1.29 is 19.4 Å². The van der Waals surface area contributed by atoms with Crippen LogP contribution in [0.15, 0.2) is 12.2 Å². The van der Waals surface area contributed by atoms with Gasteiger partial charge in [0.1, 0.15) is 6.61 Å². The SMILES string of the molecule is C=C(C)C(=O)OCCO.NC=O. The highest BCUT2D eigenvalue weighted by Gasteiger charge is 1.99. The van der Waals surface area contributed by atoms with Gasteiger partial charge in [0.25, 0.3) is 0 Å². The molecule has 0 atom stereocenters. The number of hydrogen-bond donors (Lipinski definition) is 2. The molecule has 5 heteroatoms. The molecule has 0 aliphatic carbocycles. The van der Waals surface area contributed by atoms with Gasteiger partial charge in [0.05, 0.1) is 6.61 Å². The molecule has 0 saturated heterocycles. The lowest BCUT2D eigenvalue weighted by Gasteiger charge is -1.99. The first-order valence-corrected chi connectivity index (χ1v) is 3.19. The molecule has 0 aromatic rings. The summed E-state index contributed by atoms with van der Waals surface area (Å²) in [6.45, 7) is 4.81. The molecule has 0 rings (SSSR count). The largest absolute Gasteiger partial charge is 0.460 e. The Bertz CT molecular complexity index is 155. The van der Waals surface area contributed by atoms with Crippen molar-refractivity contribution in [1.29, 1.82) is 0 Å². The van der Waals surface area contributed by atoms with Crippen molar-refractivity contribution in [3.05, 3.63) is 12.2 Å². The van der Waals surface area contributed by atoms with E-state index in [9.17, 15) is 4.79 Å². The van der Waals surface area contributed by atoms with Crippen molar-refractivity contribution in [2.24, 2.45) is 5.73 Å². The fraction of sp³-hybridized carbons (Fsp3) is 0.429. The van der Waals surface area contributed by atoms with Crippen molar-refractivity contribution in [3.63, 3.8) is 0 Å². The van der Waals surface area contributed by atoms with Crippen molar-refractivity contribution in [1.82, 2.24) is 0 Å². The Balaban J connectivity index is 0. The van der Waals surface area contributed by atoms with E-state index in [1.807, 2.05) is 0 Å². The van der Waals surface area contributed by atoms with Crippen LogP contribution in [0.3, 0.4) is 0 Å². The molecule has 0 aliphatic heterocycles. The van der Waals surface area contributed by atoms with E-state index in [-0.39, 0.29) is 19.6 Å². The number of hydrogen-bond acceptors (Lipinski definition) is 4. The number of primary amides is 1. The molecule has 0 aromatic carbocycles.